The summed E-state index contributed by atoms with van der Waals surface area (Å²) in [4.78, 5) is 11.8. The number of nitrogens with one attached hydrogen (secondary N) is 1. The van der Waals surface area contributed by atoms with Crippen LogP contribution >= 0.6 is 0 Å². The van der Waals surface area contributed by atoms with Crippen molar-refractivity contribution in [2.75, 3.05) is 13.2 Å². The first-order chi connectivity index (χ1) is 7.57. The molecule has 1 amide bonds. The Morgan fingerprint density at radius 3 is 2.56 bits per heavy atom. The standard InChI is InChI=1S/C13H21NO2/c1-9-8-12(9,2)10-7-11(15)14-13(10)3-5-16-6-4-13/h9-10H,3-8H2,1-2H3,(H,14,15). The van der Waals surface area contributed by atoms with E-state index in [1.54, 1.807) is 0 Å². The van der Waals surface area contributed by atoms with Crippen molar-refractivity contribution in [3.63, 3.8) is 0 Å². The molecule has 1 aliphatic carbocycles. The maximum atomic E-state index is 11.8. The van der Waals surface area contributed by atoms with Crippen LogP contribution < -0.4 is 5.32 Å². The second-order valence-electron chi connectivity index (χ2n) is 6.18. The molecule has 1 N–H and O–H groups in total. The smallest absolute Gasteiger partial charge is 0.220 e. The van der Waals surface area contributed by atoms with Gasteiger partial charge in [0.1, 0.15) is 0 Å². The highest BCUT2D eigenvalue weighted by Crippen LogP contribution is 2.63. The molecule has 3 aliphatic rings. The summed E-state index contributed by atoms with van der Waals surface area (Å²) in [5, 5.41) is 3.27. The van der Waals surface area contributed by atoms with E-state index in [9.17, 15) is 4.79 Å². The fourth-order valence-corrected chi connectivity index (χ4v) is 3.96. The van der Waals surface area contributed by atoms with Crippen molar-refractivity contribution in [1.29, 1.82) is 0 Å². The van der Waals surface area contributed by atoms with Crippen LogP contribution in [-0.4, -0.2) is 24.7 Å². The summed E-state index contributed by atoms with van der Waals surface area (Å²) >= 11 is 0. The number of amides is 1. The molecule has 0 aromatic carbocycles. The number of ether oxygens (including phenoxy) is 1. The molecule has 3 rings (SSSR count). The van der Waals surface area contributed by atoms with Crippen molar-refractivity contribution in [2.45, 2.75) is 45.1 Å². The van der Waals surface area contributed by atoms with E-state index in [4.69, 9.17) is 4.74 Å². The maximum Gasteiger partial charge on any atom is 0.220 e. The molecule has 0 radical (unpaired) electrons. The summed E-state index contributed by atoms with van der Waals surface area (Å²) in [5.74, 6) is 1.57. The lowest BCUT2D eigenvalue weighted by atomic mass is 9.70. The Morgan fingerprint density at radius 1 is 1.38 bits per heavy atom. The van der Waals surface area contributed by atoms with E-state index >= 15 is 0 Å². The van der Waals surface area contributed by atoms with Gasteiger partial charge in [0.25, 0.3) is 0 Å². The highest BCUT2D eigenvalue weighted by molar-refractivity contribution is 5.80. The maximum absolute atomic E-state index is 11.8. The van der Waals surface area contributed by atoms with E-state index in [0.717, 1.165) is 38.4 Å². The normalized spacial score (nSPS) is 45.8. The first-order valence-corrected chi connectivity index (χ1v) is 6.46. The Kier molecular flexibility index (Phi) is 2.13. The van der Waals surface area contributed by atoms with Gasteiger partial charge in [0.2, 0.25) is 5.91 Å². The van der Waals surface area contributed by atoms with Crippen LogP contribution in [-0.2, 0) is 9.53 Å². The first kappa shape index (κ1) is 10.6. The van der Waals surface area contributed by atoms with Gasteiger partial charge in [-0.1, -0.05) is 13.8 Å². The van der Waals surface area contributed by atoms with Gasteiger partial charge in [0, 0.05) is 25.2 Å². The molecule has 2 aliphatic heterocycles. The molecule has 0 aromatic heterocycles. The van der Waals surface area contributed by atoms with Crippen molar-refractivity contribution < 1.29 is 9.53 Å². The van der Waals surface area contributed by atoms with Crippen molar-refractivity contribution in [1.82, 2.24) is 5.32 Å². The van der Waals surface area contributed by atoms with Gasteiger partial charge in [-0.15, -0.1) is 0 Å². The number of carbonyl (C=O) groups is 1. The van der Waals surface area contributed by atoms with Crippen LogP contribution in [0.25, 0.3) is 0 Å². The first-order valence-electron chi connectivity index (χ1n) is 6.46. The van der Waals surface area contributed by atoms with Gasteiger partial charge in [-0.3, -0.25) is 4.79 Å². The lowest BCUT2D eigenvalue weighted by Crippen LogP contribution is -2.52. The van der Waals surface area contributed by atoms with Crippen LogP contribution in [0.1, 0.15) is 39.5 Å². The minimum atomic E-state index is 0.0643. The van der Waals surface area contributed by atoms with Crippen LogP contribution in [0.4, 0.5) is 0 Å². The number of carbonyl (C=O) groups excluding carboxylic acids is 1. The van der Waals surface area contributed by atoms with Crippen molar-refractivity contribution in [3.8, 4) is 0 Å². The Balaban J connectivity index is 1.88. The van der Waals surface area contributed by atoms with Crippen LogP contribution in [0, 0.1) is 17.3 Å². The molecule has 3 nitrogen and oxygen atoms in total. The average molecular weight is 223 g/mol. The minimum absolute atomic E-state index is 0.0643. The SMILES string of the molecule is CC1CC1(C)C1CC(=O)NC12CCOCC2. The predicted octanol–water partition coefficient (Wildman–Crippen LogP) is 1.72. The van der Waals surface area contributed by atoms with E-state index in [2.05, 4.69) is 19.2 Å². The quantitative estimate of drug-likeness (QED) is 0.735. The summed E-state index contributed by atoms with van der Waals surface area (Å²) in [6, 6.07) is 0. The summed E-state index contributed by atoms with van der Waals surface area (Å²) in [6.45, 7) is 6.29. The van der Waals surface area contributed by atoms with Gasteiger partial charge < -0.3 is 10.1 Å². The second kappa shape index (κ2) is 3.22. The Hall–Kier alpha value is -0.570. The summed E-state index contributed by atoms with van der Waals surface area (Å²) < 4.78 is 5.45. The van der Waals surface area contributed by atoms with Crippen LogP contribution in [0.5, 0.6) is 0 Å². The zero-order valence-corrected chi connectivity index (χ0v) is 10.2. The van der Waals surface area contributed by atoms with Crippen molar-refractivity contribution >= 4 is 5.91 Å². The topological polar surface area (TPSA) is 38.3 Å². The Labute approximate surface area is 96.9 Å². The highest BCUT2D eigenvalue weighted by atomic mass is 16.5. The number of hydrogen-bond donors (Lipinski definition) is 1. The van der Waals surface area contributed by atoms with Gasteiger partial charge in [0.05, 0.1) is 0 Å². The van der Waals surface area contributed by atoms with Gasteiger partial charge in [-0.05, 0) is 36.5 Å². The van der Waals surface area contributed by atoms with Crippen LogP contribution in [0.3, 0.4) is 0 Å². The van der Waals surface area contributed by atoms with E-state index in [1.165, 1.54) is 6.42 Å². The Bertz CT molecular complexity index is 322. The molecule has 3 unspecified atom stereocenters. The molecular formula is C13H21NO2. The van der Waals surface area contributed by atoms with Crippen molar-refractivity contribution in [3.05, 3.63) is 0 Å². The van der Waals surface area contributed by atoms with E-state index in [0.29, 0.717) is 11.3 Å². The van der Waals surface area contributed by atoms with Gasteiger partial charge >= 0.3 is 0 Å². The number of rotatable bonds is 1. The molecule has 16 heavy (non-hydrogen) atoms. The lowest BCUT2D eigenvalue weighted by molar-refractivity contribution is -0.120. The van der Waals surface area contributed by atoms with E-state index in [-0.39, 0.29) is 11.4 Å². The number of hydrogen-bond acceptors (Lipinski definition) is 2. The lowest BCUT2D eigenvalue weighted by Gasteiger charge is -2.41. The largest absolute Gasteiger partial charge is 0.381 e. The zero-order chi connectivity index (χ0) is 11.4. The molecule has 2 saturated heterocycles. The Morgan fingerprint density at radius 2 is 2.00 bits per heavy atom. The molecule has 1 spiro atoms. The average Bonchev–Trinajstić information content (AvgIpc) is 2.71. The molecule has 3 atom stereocenters. The third kappa shape index (κ3) is 1.33. The molecule has 2 heterocycles. The van der Waals surface area contributed by atoms with E-state index < -0.39 is 0 Å². The minimum Gasteiger partial charge on any atom is -0.381 e. The molecule has 90 valence electrons. The van der Waals surface area contributed by atoms with Gasteiger partial charge in [0.15, 0.2) is 0 Å². The third-order valence-corrected chi connectivity index (χ3v) is 5.34. The molecule has 1 saturated carbocycles. The fraction of sp³-hybridized carbons (Fsp3) is 0.923. The van der Waals surface area contributed by atoms with E-state index in [1.807, 2.05) is 0 Å². The molecular weight excluding hydrogens is 202 g/mol. The van der Waals surface area contributed by atoms with Crippen LogP contribution in [0.15, 0.2) is 0 Å². The second-order valence-corrected chi connectivity index (χ2v) is 6.18. The summed E-state index contributed by atoms with van der Waals surface area (Å²) in [5.41, 5.74) is 0.464. The zero-order valence-electron chi connectivity index (χ0n) is 10.2. The van der Waals surface area contributed by atoms with Crippen molar-refractivity contribution in [2.24, 2.45) is 17.3 Å². The molecule has 0 aromatic rings. The molecule has 3 fully saturated rings. The van der Waals surface area contributed by atoms with Crippen LogP contribution in [0.2, 0.25) is 0 Å². The highest BCUT2D eigenvalue weighted by Gasteiger charge is 2.62. The molecule has 0 bridgehead atoms. The predicted molar refractivity (Wildman–Crippen MR) is 60.9 cm³/mol. The summed E-state index contributed by atoms with van der Waals surface area (Å²) in [6.07, 6.45) is 4.04. The molecule has 3 heteroatoms. The monoisotopic (exact) mass is 223 g/mol. The summed E-state index contributed by atoms with van der Waals surface area (Å²) in [7, 11) is 0. The van der Waals surface area contributed by atoms with Gasteiger partial charge in [-0.2, -0.15) is 0 Å². The fourth-order valence-electron chi connectivity index (χ4n) is 3.96. The van der Waals surface area contributed by atoms with Gasteiger partial charge in [-0.25, -0.2) is 0 Å². The third-order valence-electron chi connectivity index (χ3n) is 5.34.